The fraction of sp³-hybridized carbons (Fsp3) is 0.421. The number of aryl methyl sites for hydroxylation is 1. The summed E-state index contributed by atoms with van der Waals surface area (Å²) in [5, 5.41) is 8.08. The monoisotopic (exact) mass is 435 g/mol. The van der Waals surface area contributed by atoms with Crippen LogP contribution in [0.3, 0.4) is 0 Å². The zero-order valence-electron chi connectivity index (χ0n) is 16.0. The molecule has 1 amide bonds. The molecular formula is C19H22ClN5O3S. The third-order valence-corrected chi connectivity index (χ3v) is 6.81. The van der Waals surface area contributed by atoms with Crippen LogP contribution in [0.25, 0.3) is 0 Å². The lowest BCUT2D eigenvalue weighted by Crippen LogP contribution is -2.36. The van der Waals surface area contributed by atoms with Crippen LogP contribution in [0.2, 0.25) is 5.28 Å². The molecule has 0 radical (unpaired) electrons. The maximum atomic E-state index is 13.0. The van der Waals surface area contributed by atoms with Gasteiger partial charge in [-0.1, -0.05) is 0 Å². The van der Waals surface area contributed by atoms with Crippen molar-refractivity contribution in [3.8, 4) is 0 Å². The summed E-state index contributed by atoms with van der Waals surface area (Å²) < 4.78 is 23.7. The summed E-state index contributed by atoms with van der Waals surface area (Å²) in [5.74, 6) is -0.119. The van der Waals surface area contributed by atoms with Gasteiger partial charge in [-0.2, -0.15) is 0 Å². The molecule has 154 valence electrons. The molecule has 8 nitrogen and oxygen atoms in total. The van der Waals surface area contributed by atoms with E-state index < -0.39 is 15.9 Å². The summed E-state index contributed by atoms with van der Waals surface area (Å²) in [4.78, 5) is 23.0. The summed E-state index contributed by atoms with van der Waals surface area (Å²) >= 11 is 5.87. The van der Waals surface area contributed by atoms with E-state index in [0.29, 0.717) is 22.4 Å². The van der Waals surface area contributed by atoms with Gasteiger partial charge >= 0.3 is 0 Å². The van der Waals surface area contributed by atoms with Crippen molar-refractivity contribution in [2.75, 3.05) is 23.3 Å². The molecule has 1 aliphatic carbocycles. The number of piperidine rings is 1. The quantitative estimate of drug-likeness (QED) is 0.713. The van der Waals surface area contributed by atoms with Crippen molar-refractivity contribution in [3.05, 3.63) is 40.8 Å². The molecule has 2 aromatic rings. The number of hydrogen-bond donors (Lipinski definition) is 2. The van der Waals surface area contributed by atoms with Gasteiger partial charge in [-0.3, -0.25) is 4.79 Å². The molecule has 10 heteroatoms. The van der Waals surface area contributed by atoms with Crippen LogP contribution < -0.4 is 15.4 Å². The van der Waals surface area contributed by atoms with Crippen LogP contribution in [0.4, 0.5) is 11.5 Å². The Hall–Kier alpha value is -2.23. The van der Waals surface area contributed by atoms with Crippen molar-refractivity contribution in [1.82, 2.24) is 9.97 Å². The minimum Gasteiger partial charge on any atom is -0.371 e. The number of primary sulfonamides is 1. The number of halogens is 1. The van der Waals surface area contributed by atoms with Gasteiger partial charge in [0.2, 0.25) is 15.3 Å². The average Bonchev–Trinajstić information content (AvgIpc) is 3.39. The highest BCUT2D eigenvalue weighted by atomic mass is 35.5. The van der Waals surface area contributed by atoms with E-state index in [1.54, 1.807) is 13.0 Å². The van der Waals surface area contributed by atoms with E-state index in [9.17, 15) is 13.2 Å². The summed E-state index contributed by atoms with van der Waals surface area (Å²) in [5.41, 5.74) is 1.99. The van der Waals surface area contributed by atoms with Gasteiger partial charge in [-0.15, -0.1) is 0 Å². The van der Waals surface area contributed by atoms with E-state index in [1.165, 1.54) is 31.0 Å². The third kappa shape index (κ3) is 4.36. The SMILES string of the molecule is Cc1cc(NC(=O)c2ccc(S(N)(=O)=O)cc2N2CCC3(CC2)CC3)nc(Cl)n1. The van der Waals surface area contributed by atoms with Gasteiger partial charge in [0.15, 0.2) is 0 Å². The molecule has 1 aromatic heterocycles. The average molecular weight is 436 g/mol. The van der Waals surface area contributed by atoms with Crippen molar-refractivity contribution >= 4 is 39.0 Å². The Morgan fingerprint density at radius 3 is 2.45 bits per heavy atom. The second-order valence-electron chi connectivity index (χ2n) is 7.83. The van der Waals surface area contributed by atoms with Crippen molar-refractivity contribution < 1.29 is 13.2 Å². The molecule has 0 atom stereocenters. The number of nitrogens with zero attached hydrogens (tertiary/aromatic N) is 3. The molecule has 29 heavy (non-hydrogen) atoms. The van der Waals surface area contributed by atoms with E-state index in [4.69, 9.17) is 16.7 Å². The lowest BCUT2D eigenvalue weighted by Gasteiger charge is -2.35. The number of nitrogens with one attached hydrogen (secondary N) is 1. The van der Waals surface area contributed by atoms with Crippen LogP contribution in [0.15, 0.2) is 29.2 Å². The first-order valence-corrected chi connectivity index (χ1v) is 11.3. The summed E-state index contributed by atoms with van der Waals surface area (Å²) in [6.07, 6.45) is 4.57. The number of benzene rings is 1. The number of carbonyl (C=O) groups excluding carboxylic acids is 1. The largest absolute Gasteiger partial charge is 0.371 e. The summed E-state index contributed by atoms with van der Waals surface area (Å²) in [6.45, 7) is 3.29. The van der Waals surface area contributed by atoms with Crippen LogP contribution >= 0.6 is 11.6 Å². The number of sulfonamides is 1. The maximum Gasteiger partial charge on any atom is 0.258 e. The maximum absolute atomic E-state index is 13.0. The second kappa shape index (κ2) is 7.23. The number of anilines is 2. The highest BCUT2D eigenvalue weighted by molar-refractivity contribution is 7.89. The minimum atomic E-state index is -3.88. The normalized spacial score (nSPS) is 18.0. The Kier molecular flexibility index (Phi) is 5.00. The van der Waals surface area contributed by atoms with Crippen LogP contribution in [-0.4, -0.2) is 37.4 Å². The Bertz CT molecular complexity index is 1050. The molecule has 2 aliphatic rings. The van der Waals surface area contributed by atoms with Crippen molar-refractivity contribution in [3.63, 3.8) is 0 Å². The van der Waals surface area contributed by atoms with E-state index in [0.717, 1.165) is 25.9 Å². The molecule has 4 rings (SSSR count). The van der Waals surface area contributed by atoms with Gasteiger partial charge in [0.05, 0.1) is 16.1 Å². The lowest BCUT2D eigenvalue weighted by atomic mass is 9.93. The summed E-state index contributed by atoms with van der Waals surface area (Å²) in [7, 11) is -3.88. The number of nitrogens with two attached hydrogens (primary N) is 1. The van der Waals surface area contributed by atoms with Gasteiger partial charge < -0.3 is 10.2 Å². The molecule has 1 saturated carbocycles. The molecule has 1 spiro atoms. The van der Waals surface area contributed by atoms with Crippen molar-refractivity contribution in [2.24, 2.45) is 10.6 Å². The van der Waals surface area contributed by atoms with E-state index in [1.807, 2.05) is 0 Å². The molecule has 2 fully saturated rings. The Labute approximate surface area is 174 Å². The van der Waals surface area contributed by atoms with Gasteiger partial charge in [0.25, 0.3) is 5.91 Å². The summed E-state index contributed by atoms with van der Waals surface area (Å²) in [6, 6.07) is 5.92. The highest BCUT2D eigenvalue weighted by Crippen LogP contribution is 2.54. The van der Waals surface area contributed by atoms with E-state index in [-0.39, 0.29) is 16.0 Å². The zero-order chi connectivity index (χ0) is 20.8. The fourth-order valence-electron chi connectivity index (χ4n) is 3.82. The van der Waals surface area contributed by atoms with Crippen molar-refractivity contribution in [2.45, 2.75) is 37.5 Å². The third-order valence-electron chi connectivity index (χ3n) is 5.73. The molecular weight excluding hydrogens is 414 g/mol. The molecule has 1 saturated heterocycles. The first-order valence-electron chi connectivity index (χ1n) is 9.40. The first-order chi connectivity index (χ1) is 13.7. The topological polar surface area (TPSA) is 118 Å². The fourth-order valence-corrected chi connectivity index (χ4v) is 4.58. The van der Waals surface area contributed by atoms with Gasteiger partial charge in [0.1, 0.15) is 5.82 Å². The molecule has 0 bridgehead atoms. The van der Waals surface area contributed by atoms with Crippen LogP contribution in [0.5, 0.6) is 0 Å². The Morgan fingerprint density at radius 2 is 1.86 bits per heavy atom. The van der Waals surface area contributed by atoms with Gasteiger partial charge in [-0.25, -0.2) is 23.5 Å². The van der Waals surface area contributed by atoms with Crippen molar-refractivity contribution in [1.29, 1.82) is 0 Å². The van der Waals surface area contributed by atoms with E-state index in [2.05, 4.69) is 20.2 Å². The molecule has 3 N–H and O–H groups in total. The van der Waals surface area contributed by atoms with Crippen LogP contribution in [0, 0.1) is 12.3 Å². The molecule has 2 heterocycles. The first kappa shape index (κ1) is 20.1. The molecule has 0 unspecified atom stereocenters. The van der Waals surface area contributed by atoms with E-state index >= 15 is 0 Å². The number of carbonyl (C=O) groups is 1. The number of aromatic nitrogens is 2. The van der Waals surface area contributed by atoms with Crippen LogP contribution in [-0.2, 0) is 10.0 Å². The minimum absolute atomic E-state index is 0.0170. The van der Waals surface area contributed by atoms with Gasteiger partial charge in [-0.05, 0) is 67.8 Å². The smallest absolute Gasteiger partial charge is 0.258 e. The number of rotatable bonds is 4. The second-order valence-corrected chi connectivity index (χ2v) is 9.73. The Balaban J connectivity index is 1.66. The standard InChI is InChI=1S/C19H22ClN5O3S/c1-12-10-16(24-18(20)22-12)23-17(26)14-3-2-13(29(21,27)28)11-15(14)25-8-6-19(4-5-19)7-9-25/h2-3,10-11H,4-9H2,1H3,(H2,21,27,28)(H,22,23,24,26). The van der Waals surface area contributed by atoms with Gasteiger partial charge in [0, 0.05) is 24.8 Å². The predicted octanol–water partition coefficient (Wildman–Crippen LogP) is 2.72. The van der Waals surface area contributed by atoms with Crippen LogP contribution in [0.1, 0.15) is 41.7 Å². The lowest BCUT2D eigenvalue weighted by molar-refractivity contribution is 0.102. The molecule has 1 aromatic carbocycles. The molecule has 1 aliphatic heterocycles. The Morgan fingerprint density at radius 1 is 1.17 bits per heavy atom. The highest BCUT2D eigenvalue weighted by Gasteiger charge is 2.44. The number of amides is 1. The number of hydrogen-bond acceptors (Lipinski definition) is 6. The zero-order valence-corrected chi connectivity index (χ0v) is 17.6. The predicted molar refractivity (Wildman–Crippen MR) is 111 cm³/mol.